The predicted molar refractivity (Wildman–Crippen MR) is 102 cm³/mol. The van der Waals surface area contributed by atoms with Crippen LogP contribution in [0.2, 0.25) is 0 Å². The molecule has 132 valence electrons. The summed E-state index contributed by atoms with van der Waals surface area (Å²) in [6.07, 6.45) is 1.58. The fraction of sp³-hybridized carbons (Fsp3) is 0.150. The van der Waals surface area contributed by atoms with Gasteiger partial charge in [0.2, 0.25) is 0 Å². The van der Waals surface area contributed by atoms with E-state index in [9.17, 15) is 4.79 Å². The van der Waals surface area contributed by atoms with Gasteiger partial charge in [-0.2, -0.15) is 5.10 Å². The molecule has 3 rings (SSSR count). The molecule has 0 spiro atoms. The van der Waals surface area contributed by atoms with Crippen LogP contribution < -0.4 is 5.32 Å². The monoisotopic (exact) mass is 348 g/mol. The Balaban J connectivity index is 1.74. The zero-order valence-corrected chi connectivity index (χ0v) is 14.7. The summed E-state index contributed by atoms with van der Waals surface area (Å²) >= 11 is 0. The van der Waals surface area contributed by atoms with Crippen LogP contribution >= 0.6 is 0 Å². The highest BCUT2D eigenvalue weighted by atomic mass is 16.6. The first-order chi connectivity index (χ1) is 12.7. The van der Waals surface area contributed by atoms with E-state index in [4.69, 9.17) is 0 Å². The number of aryl methyl sites for hydroxylation is 1. The second kappa shape index (κ2) is 8.11. The number of carbonyl (C=O) groups is 1. The SMILES string of the molecule is CO/N=C/c1ccc(C(=O)Nc2cc(C)nn2Cc2ccccc2)cc1. The van der Waals surface area contributed by atoms with E-state index in [2.05, 4.69) is 20.4 Å². The van der Waals surface area contributed by atoms with E-state index in [-0.39, 0.29) is 5.91 Å². The fourth-order valence-electron chi connectivity index (χ4n) is 2.55. The Morgan fingerprint density at radius 2 is 1.92 bits per heavy atom. The fourth-order valence-corrected chi connectivity index (χ4v) is 2.55. The van der Waals surface area contributed by atoms with Crippen molar-refractivity contribution in [2.24, 2.45) is 5.16 Å². The van der Waals surface area contributed by atoms with Gasteiger partial charge in [-0.1, -0.05) is 47.6 Å². The van der Waals surface area contributed by atoms with Crippen LogP contribution in [0.25, 0.3) is 0 Å². The van der Waals surface area contributed by atoms with Crippen LogP contribution in [0, 0.1) is 6.92 Å². The molecule has 3 aromatic rings. The number of hydrogen-bond donors (Lipinski definition) is 1. The molecule has 6 heteroatoms. The minimum absolute atomic E-state index is 0.186. The molecule has 2 aromatic carbocycles. The summed E-state index contributed by atoms with van der Waals surface area (Å²) in [5.41, 5.74) is 3.38. The number of nitrogens with one attached hydrogen (secondary N) is 1. The first kappa shape index (κ1) is 17.4. The van der Waals surface area contributed by atoms with Gasteiger partial charge >= 0.3 is 0 Å². The Morgan fingerprint density at radius 1 is 1.19 bits per heavy atom. The summed E-state index contributed by atoms with van der Waals surface area (Å²) in [6.45, 7) is 2.50. The molecule has 0 unspecified atom stereocenters. The lowest BCUT2D eigenvalue weighted by Crippen LogP contribution is -2.16. The maximum Gasteiger partial charge on any atom is 0.256 e. The zero-order valence-electron chi connectivity index (χ0n) is 14.7. The van der Waals surface area contributed by atoms with Crippen LogP contribution in [0.5, 0.6) is 0 Å². The Hall–Kier alpha value is -3.41. The van der Waals surface area contributed by atoms with Crippen LogP contribution in [0.1, 0.15) is 27.2 Å². The number of amides is 1. The van der Waals surface area contributed by atoms with Crippen LogP contribution in [0.3, 0.4) is 0 Å². The lowest BCUT2D eigenvalue weighted by Gasteiger charge is -2.09. The molecule has 0 aliphatic carbocycles. The van der Waals surface area contributed by atoms with Crippen molar-refractivity contribution in [1.82, 2.24) is 9.78 Å². The molecular formula is C20H20N4O2. The highest BCUT2D eigenvalue weighted by Gasteiger charge is 2.11. The van der Waals surface area contributed by atoms with Crippen LogP contribution in [0.15, 0.2) is 65.8 Å². The molecule has 0 saturated heterocycles. The minimum atomic E-state index is -0.186. The van der Waals surface area contributed by atoms with Crippen molar-refractivity contribution in [1.29, 1.82) is 0 Å². The normalized spacial score (nSPS) is 10.8. The van der Waals surface area contributed by atoms with Gasteiger partial charge in [-0.05, 0) is 30.2 Å². The Morgan fingerprint density at radius 3 is 2.62 bits per heavy atom. The Labute approximate surface area is 152 Å². The van der Waals surface area contributed by atoms with Crippen LogP contribution in [-0.2, 0) is 11.4 Å². The second-order valence-electron chi connectivity index (χ2n) is 5.81. The van der Waals surface area contributed by atoms with Gasteiger partial charge in [0.25, 0.3) is 5.91 Å². The number of hydrogen-bond acceptors (Lipinski definition) is 4. The smallest absolute Gasteiger partial charge is 0.256 e. The number of rotatable bonds is 6. The van der Waals surface area contributed by atoms with Gasteiger partial charge in [-0.3, -0.25) is 4.79 Å². The second-order valence-corrected chi connectivity index (χ2v) is 5.81. The van der Waals surface area contributed by atoms with E-state index >= 15 is 0 Å². The number of carbonyl (C=O) groups excluding carboxylic acids is 1. The Kier molecular flexibility index (Phi) is 5.43. The highest BCUT2D eigenvalue weighted by molar-refractivity contribution is 6.04. The molecule has 0 saturated carbocycles. The zero-order chi connectivity index (χ0) is 18.4. The van der Waals surface area contributed by atoms with Gasteiger partial charge in [0.1, 0.15) is 12.9 Å². The first-order valence-electron chi connectivity index (χ1n) is 8.22. The quantitative estimate of drug-likeness (QED) is 0.548. The number of benzene rings is 2. The average molecular weight is 348 g/mol. The van der Waals surface area contributed by atoms with Gasteiger partial charge in [0.05, 0.1) is 18.5 Å². The third-order valence-electron chi connectivity index (χ3n) is 3.80. The number of oxime groups is 1. The lowest BCUT2D eigenvalue weighted by molar-refractivity contribution is 0.102. The van der Waals surface area contributed by atoms with E-state index in [1.165, 1.54) is 7.11 Å². The van der Waals surface area contributed by atoms with Crippen LogP contribution in [-0.4, -0.2) is 29.0 Å². The van der Waals surface area contributed by atoms with Gasteiger partial charge in [-0.15, -0.1) is 0 Å². The van der Waals surface area contributed by atoms with Crippen molar-refractivity contribution >= 4 is 17.9 Å². The molecule has 0 fully saturated rings. The minimum Gasteiger partial charge on any atom is -0.399 e. The molecule has 0 aliphatic heterocycles. The molecule has 1 heterocycles. The molecule has 6 nitrogen and oxygen atoms in total. The topological polar surface area (TPSA) is 68.5 Å². The summed E-state index contributed by atoms with van der Waals surface area (Å²) in [7, 11) is 1.49. The maximum atomic E-state index is 12.5. The molecule has 1 N–H and O–H groups in total. The van der Waals surface area contributed by atoms with E-state index in [1.807, 2.05) is 55.5 Å². The third kappa shape index (κ3) is 4.36. The summed E-state index contributed by atoms with van der Waals surface area (Å²) in [4.78, 5) is 17.2. The van der Waals surface area contributed by atoms with E-state index in [0.29, 0.717) is 17.9 Å². The molecular weight excluding hydrogens is 328 g/mol. The summed E-state index contributed by atoms with van der Waals surface area (Å²) in [5.74, 6) is 0.482. The lowest BCUT2D eigenvalue weighted by atomic mass is 10.1. The molecule has 1 aromatic heterocycles. The van der Waals surface area contributed by atoms with E-state index in [1.54, 1.807) is 23.0 Å². The summed E-state index contributed by atoms with van der Waals surface area (Å²) in [5, 5.41) is 11.1. The van der Waals surface area contributed by atoms with E-state index in [0.717, 1.165) is 16.8 Å². The Bertz CT molecular complexity index is 899. The summed E-state index contributed by atoms with van der Waals surface area (Å²) < 4.78 is 1.79. The maximum absolute atomic E-state index is 12.5. The van der Waals surface area contributed by atoms with Crippen molar-refractivity contribution in [2.75, 3.05) is 12.4 Å². The van der Waals surface area contributed by atoms with Crippen molar-refractivity contribution in [3.05, 3.63) is 83.0 Å². The molecule has 0 aliphatic rings. The molecule has 26 heavy (non-hydrogen) atoms. The van der Waals surface area contributed by atoms with Crippen molar-refractivity contribution in [3.63, 3.8) is 0 Å². The largest absolute Gasteiger partial charge is 0.399 e. The van der Waals surface area contributed by atoms with Gasteiger partial charge < -0.3 is 10.2 Å². The first-order valence-corrected chi connectivity index (χ1v) is 8.22. The highest BCUT2D eigenvalue weighted by Crippen LogP contribution is 2.15. The van der Waals surface area contributed by atoms with Gasteiger partial charge in [0.15, 0.2) is 0 Å². The van der Waals surface area contributed by atoms with Crippen molar-refractivity contribution < 1.29 is 9.63 Å². The average Bonchev–Trinajstić information content (AvgIpc) is 3.00. The third-order valence-corrected chi connectivity index (χ3v) is 3.80. The summed E-state index contributed by atoms with van der Waals surface area (Å²) in [6, 6.07) is 19.0. The van der Waals surface area contributed by atoms with Gasteiger partial charge in [-0.25, -0.2) is 4.68 Å². The standard InChI is InChI=1S/C20H20N4O2/c1-15-12-19(24(23-15)14-17-6-4-3-5-7-17)22-20(25)18-10-8-16(9-11-18)13-21-26-2/h3-13H,14H2,1-2H3,(H,22,25)/b21-13+. The van der Waals surface area contributed by atoms with Crippen LogP contribution in [0.4, 0.5) is 5.82 Å². The van der Waals surface area contributed by atoms with E-state index < -0.39 is 0 Å². The molecule has 0 atom stereocenters. The van der Waals surface area contributed by atoms with Crippen molar-refractivity contribution in [2.45, 2.75) is 13.5 Å². The number of nitrogens with zero attached hydrogens (tertiary/aromatic N) is 3. The predicted octanol–water partition coefficient (Wildman–Crippen LogP) is 3.47. The number of aromatic nitrogens is 2. The van der Waals surface area contributed by atoms with Crippen molar-refractivity contribution in [3.8, 4) is 0 Å². The van der Waals surface area contributed by atoms with Gasteiger partial charge in [0, 0.05) is 11.6 Å². The molecule has 0 bridgehead atoms. The molecule has 0 radical (unpaired) electrons. The molecule has 1 amide bonds. The number of anilines is 1.